The molecule has 4 heteroatoms. The molecule has 2 nitrogen and oxygen atoms in total. The summed E-state index contributed by atoms with van der Waals surface area (Å²) in [6, 6.07) is 2.31. The van der Waals surface area contributed by atoms with Crippen LogP contribution in [0.1, 0.15) is 12.8 Å². The van der Waals surface area contributed by atoms with E-state index in [0.717, 1.165) is 32.5 Å². The lowest BCUT2D eigenvalue weighted by molar-refractivity contribution is 0.216. The van der Waals surface area contributed by atoms with Gasteiger partial charge in [-0.05, 0) is 25.9 Å². The molecule has 0 atom stereocenters. The second kappa shape index (κ2) is 6.54. The van der Waals surface area contributed by atoms with Crippen LogP contribution < -0.4 is 0 Å². The van der Waals surface area contributed by atoms with Crippen molar-refractivity contribution in [3.8, 4) is 6.07 Å². The van der Waals surface area contributed by atoms with E-state index in [1.54, 1.807) is 0 Å². The zero-order valence-corrected chi connectivity index (χ0v) is 8.57. The molecule has 1 heterocycles. The van der Waals surface area contributed by atoms with E-state index in [4.69, 9.17) is 16.9 Å². The van der Waals surface area contributed by atoms with E-state index in [0.29, 0.717) is 11.8 Å². The molecule has 70 valence electrons. The average molecular weight is 209 g/mol. The fraction of sp³-hybridized carbons (Fsp3) is 0.875. The van der Waals surface area contributed by atoms with E-state index in [2.05, 4.69) is 11.0 Å². The quantitative estimate of drug-likeness (QED) is 0.649. The first kappa shape index (κ1) is 12.0. The molecule has 0 saturated carbocycles. The van der Waals surface area contributed by atoms with Crippen molar-refractivity contribution in [1.29, 1.82) is 5.26 Å². The minimum Gasteiger partial charge on any atom is -0.302 e. The van der Waals surface area contributed by atoms with E-state index >= 15 is 0 Å². The monoisotopic (exact) mass is 208 g/mol. The Morgan fingerprint density at radius 3 is 2.42 bits per heavy atom. The fourth-order valence-corrected chi connectivity index (χ4v) is 1.64. The number of nitriles is 1. The highest BCUT2D eigenvalue weighted by Crippen LogP contribution is 2.15. The van der Waals surface area contributed by atoms with Crippen molar-refractivity contribution < 1.29 is 0 Å². The minimum atomic E-state index is 0. The summed E-state index contributed by atoms with van der Waals surface area (Å²) in [6.45, 7) is 3.07. The summed E-state index contributed by atoms with van der Waals surface area (Å²) < 4.78 is 0. The Morgan fingerprint density at radius 1 is 1.42 bits per heavy atom. The van der Waals surface area contributed by atoms with Crippen LogP contribution in [-0.2, 0) is 0 Å². The minimum absolute atomic E-state index is 0. The van der Waals surface area contributed by atoms with Gasteiger partial charge in [-0.15, -0.1) is 24.0 Å². The molecule has 1 aliphatic rings. The largest absolute Gasteiger partial charge is 0.302 e. The molecule has 0 aromatic heterocycles. The predicted octanol–water partition coefficient (Wildman–Crippen LogP) is 1.88. The van der Waals surface area contributed by atoms with Crippen molar-refractivity contribution in [3.05, 3.63) is 0 Å². The van der Waals surface area contributed by atoms with E-state index < -0.39 is 0 Å². The van der Waals surface area contributed by atoms with E-state index in [1.807, 2.05) is 0 Å². The van der Waals surface area contributed by atoms with E-state index in [9.17, 15) is 0 Å². The maximum atomic E-state index is 8.61. The Morgan fingerprint density at radius 2 is 2.00 bits per heavy atom. The van der Waals surface area contributed by atoms with E-state index in [-0.39, 0.29) is 12.4 Å². The molecule has 1 saturated heterocycles. The summed E-state index contributed by atoms with van der Waals surface area (Å²) in [4.78, 5) is 2.32. The number of likely N-dealkylation sites (tertiary alicyclic amines) is 1. The van der Waals surface area contributed by atoms with Gasteiger partial charge in [-0.3, -0.25) is 0 Å². The Labute approximate surface area is 84.9 Å². The maximum Gasteiger partial charge on any atom is 0.0656 e. The van der Waals surface area contributed by atoms with Gasteiger partial charge in [-0.2, -0.15) is 5.26 Å². The van der Waals surface area contributed by atoms with Crippen molar-refractivity contribution in [2.45, 2.75) is 12.8 Å². The molecule has 0 amide bonds. The fourth-order valence-electron chi connectivity index (χ4n) is 1.41. The standard InChI is InChI=1S/C8H13ClN2.ClH/c9-3-6-11-4-1-8(7-10)2-5-11;/h8H,1-6H2;1H. The molecule has 0 unspecified atom stereocenters. The van der Waals surface area contributed by atoms with Crippen LogP contribution in [0.25, 0.3) is 0 Å². The van der Waals surface area contributed by atoms with Gasteiger partial charge in [0, 0.05) is 18.3 Å². The molecule has 0 radical (unpaired) electrons. The summed E-state index contributed by atoms with van der Waals surface area (Å²) >= 11 is 5.60. The summed E-state index contributed by atoms with van der Waals surface area (Å²) in [6.07, 6.45) is 2.04. The van der Waals surface area contributed by atoms with Gasteiger partial charge >= 0.3 is 0 Å². The molecule has 1 rings (SSSR count). The van der Waals surface area contributed by atoms with Gasteiger partial charge in [0.25, 0.3) is 0 Å². The smallest absolute Gasteiger partial charge is 0.0656 e. The SMILES string of the molecule is Cl.N#CC1CCN(CCCl)CC1. The number of piperidine rings is 1. The van der Waals surface area contributed by atoms with Crippen LogP contribution in [0.5, 0.6) is 0 Å². The average Bonchev–Trinajstić information content (AvgIpc) is 2.07. The highest BCUT2D eigenvalue weighted by atomic mass is 35.5. The molecule has 0 aromatic rings. The Bertz CT molecular complexity index is 148. The molecule has 0 aromatic carbocycles. The number of hydrogen-bond acceptors (Lipinski definition) is 2. The zero-order valence-electron chi connectivity index (χ0n) is 7.00. The Balaban J connectivity index is 0.00000121. The molecular formula is C8H14Cl2N2. The lowest BCUT2D eigenvalue weighted by atomic mass is 9.99. The number of halogens is 2. The van der Waals surface area contributed by atoms with Crippen LogP contribution >= 0.6 is 24.0 Å². The summed E-state index contributed by atoms with van der Waals surface area (Å²) in [5.41, 5.74) is 0. The third kappa shape index (κ3) is 3.62. The predicted molar refractivity (Wildman–Crippen MR) is 52.7 cm³/mol. The van der Waals surface area contributed by atoms with Crippen LogP contribution in [0.3, 0.4) is 0 Å². The maximum absolute atomic E-state index is 8.61. The molecule has 0 aliphatic carbocycles. The first-order valence-electron chi connectivity index (χ1n) is 4.04. The van der Waals surface area contributed by atoms with Gasteiger partial charge in [0.2, 0.25) is 0 Å². The third-order valence-electron chi connectivity index (χ3n) is 2.17. The van der Waals surface area contributed by atoms with Crippen LogP contribution in [-0.4, -0.2) is 30.4 Å². The number of hydrogen-bond donors (Lipinski definition) is 0. The summed E-state index contributed by atoms with van der Waals surface area (Å²) in [5, 5.41) is 8.61. The number of nitrogens with zero attached hydrogens (tertiary/aromatic N) is 2. The lowest BCUT2D eigenvalue weighted by Gasteiger charge is -2.27. The van der Waals surface area contributed by atoms with Crippen molar-refractivity contribution in [1.82, 2.24) is 4.90 Å². The molecule has 1 aliphatic heterocycles. The molecule has 0 spiro atoms. The van der Waals surface area contributed by atoms with Gasteiger partial charge in [-0.1, -0.05) is 0 Å². The zero-order chi connectivity index (χ0) is 8.10. The van der Waals surface area contributed by atoms with Gasteiger partial charge in [0.15, 0.2) is 0 Å². The first-order chi connectivity index (χ1) is 5.36. The summed E-state index contributed by atoms with van der Waals surface area (Å²) in [5.74, 6) is 0.999. The molecule has 0 N–H and O–H groups in total. The van der Waals surface area contributed by atoms with Crippen LogP contribution in [0, 0.1) is 17.2 Å². The molecule has 1 fully saturated rings. The highest BCUT2D eigenvalue weighted by molar-refractivity contribution is 6.18. The molecular weight excluding hydrogens is 195 g/mol. The lowest BCUT2D eigenvalue weighted by Crippen LogP contribution is -2.34. The van der Waals surface area contributed by atoms with Gasteiger partial charge < -0.3 is 4.90 Å². The number of alkyl halides is 1. The van der Waals surface area contributed by atoms with Crippen LogP contribution in [0.2, 0.25) is 0 Å². The van der Waals surface area contributed by atoms with Crippen LogP contribution in [0.4, 0.5) is 0 Å². The van der Waals surface area contributed by atoms with Gasteiger partial charge in [0.1, 0.15) is 0 Å². The van der Waals surface area contributed by atoms with Crippen molar-refractivity contribution in [2.24, 2.45) is 5.92 Å². The first-order valence-corrected chi connectivity index (χ1v) is 4.58. The molecule has 12 heavy (non-hydrogen) atoms. The van der Waals surface area contributed by atoms with Gasteiger partial charge in [-0.25, -0.2) is 0 Å². The van der Waals surface area contributed by atoms with Crippen molar-refractivity contribution in [3.63, 3.8) is 0 Å². The normalized spacial score (nSPS) is 19.7. The number of rotatable bonds is 2. The van der Waals surface area contributed by atoms with Crippen molar-refractivity contribution in [2.75, 3.05) is 25.5 Å². The Kier molecular flexibility index (Phi) is 6.55. The Hall–Kier alpha value is 0.0300. The topological polar surface area (TPSA) is 27.0 Å². The highest BCUT2D eigenvalue weighted by Gasteiger charge is 2.17. The summed E-state index contributed by atoms with van der Waals surface area (Å²) in [7, 11) is 0. The molecule has 0 bridgehead atoms. The van der Waals surface area contributed by atoms with Crippen molar-refractivity contribution >= 4 is 24.0 Å². The second-order valence-electron chi connectivity index (χ2n) is 2.93. The third-order valence-corrected chi connectivity index (χ3v) is 2.34. The second-order valence-corrected chi connectivity index (χ2v) is 3.31. The van der Waals surface area contributed by atoms with E-state index in [1.165, 1.54) is 0 Å². The van der Waals surface area contributed by atoms with Gasteiger partial charge in [0.05, 0.1) is 6.07 Å². The van der Waals surface area contributed by atoms with Crippen LogP contribution in [0.15, 0.2) is 0 Å².